The first kappa shape index (κ1) is 52.5. The number of carbonyl (C=O) groups excluding carboxylic acids is 4. The van der Waals surface area contributed by atoms with E-state index in [2.05, 4.69) is 31.9 Å². The molecule has 1 aromatic carbocycles. The number of hydrogen-bond donors (Lipinski definition) is 9. The molecule has 0 radical (unpaired) electrons. The number of aromatic nitrogens is 3. The van der Waals surface area contributed by atoms with E-state index in [-0.39, 0.29) is 93.3 Å². The predicted octanol–water partition coefficient (Wildman–Crippen LogP) is 2.22. The second-order valence-corrected chi connectivity index (χ2v) is 17.3. The molecule has 358 valence electrons. The van der Waals surface area contributed by atoms with E-state index in [9.17, 15) is 48.9 Å². The Labute approximate surface area is 395 Å². The topological polar surface area (TPSA) is 291 Å². The second kappa shape index (κ2) is 23.9. The summed E-state index contributed by atoms with van der Waals surface area (Å²) in [4.78, 5) is 92.1. The van der Waals surface area contributed by atoms with Gasteiger partial charge in [0.1, 0.15) is 5.40 Å². The maximum atomic E-state index is 13.9. The molecule has 3 aromatic heterocycles. The molecule has 0 spiro atoms. The highest BCUT2D eigenvalue weighted by Gasteiger charge is 2.34. The molecule has 0 atom stereocenters. The van der Waals surface area contributed by atoms with Crippen LogP contribution < -0.4 is 48.2 Å². The Hall–Kier alpha value is -7.12. The normalized spacial score (nSPS) is 11.0. The Bertz CT molecular complexity index is 2520. The standard InChI is InChI=1S/C45H56N10O10S2/c1-26-19-34(56)41(63)31(53(26)4)22-48-37(59)11-15-45(16-12-38(60)49-23-32-42(64)35(57)20-27(2)54(32)5,17-13-39(61)50-24-33-43(65)36(58)21-28(3)55(33)6)52-40(62)14-18-47-44(66)51-29-7-9-30(10-8-29)67-25-46/h7-10,19-21,63-65H,11-18,22-24H2,1-6H3,(H,48,59)(H,49,60)(H,50,61)(H,52,62)(H2,47,51,66). The molecule has 0 saturated heterocycles. The van der Waals surface area contributed by atoms with Gasteiger partial charge in [0.25, 0.3) is 0 Å². The number of nitriles is 1. The first-order chi connectivity index (χ1) is 31.6. The molecule has 22 heteroatoms. The molecule has 4 amide bonds. The van der Waals surface area contributed by atoms with Gasteiger partial charge in [-0.1, -0.05) is 0 Å². The Kier molecular flexibility index (Phi) is 18.7. The lowest BCUT2D eigenvalue weighted by atomic mass is 9.83. The van der Waals surface area contributed by atoms with Gasteiger partial charge < -0.3 is 60.9 Å². The number of nitrogens with zero attached hydrogens (tertiary/aromatic N) is 4. The van der Waals surface area contributed by atoms with Crippen molar-refractivity contribution in [2.45, 2.75) is 95.8 Å². The quantitative estimate of drug-likeness (QED) is 0.0329. The van der Waals surface area contributed by atoms with Crippen LogP contribution in [0.4, 0.5) is 5.69 Å². The van der Waals surface area contributed by atoms with E-state index in [1.165, 1.54) is 18.2 Å². The Morgan fingerprint density at radius 2 is 1.00 bits per heavy atom. The van der Waals surface area contributed by atoms with E-state index in [0.29, 0.717) is 22.8 Å². The average molecular weight is 961 g/mol. The van der Waals surface area contributed by atoms with Crippen LogP contribution in [-0.4, -0.2) is 69.8 Å². The molecule has 67 heavy (non-hydrogen) atoms. The molecule has 20 nitrogen and oxygen atoms in total. The van der Waals surface area contributed by atoms with Crippen LogP contribution in [0.2, 0.25) is 0 Å². The van der Waals surface area contributed by atoms with Crippen LogP contribution in [0.5, 0.6) is 17.2 Å². The summed E-state index contributed by atoms with van der Waals surface area (Å²) in [5.74, 6) is -3.71. The third kappa shape index (κ3) is 14.7. The highest BCUT2D eigenvalue weighted by atomic mass is 32.2. The molecule has 0 fully saturated rings. The number of pyridine rings is 3. The zero-order valence-electron chi connectivity index (χ0n) is 38.1. The first-order valence-corrected chi connectivity index (χ1v) is 22.3. The van der Waals surface area contributed by atoms with Gasteiger partial charge in [0.2, 0.25) is 39.9 Å². The maximum absolute atomic E-state index is 13.9. The van der Waals surface area contributed by atoms with Crippen molar-refractivity contribution in [2.24, 2.45) is 21.1 Å². The minimum Gasteiger partial charge on any atom is -0.503 e. The van der Waals surface area contributed by atoms with Crippen LogP contribution >= 0.6 is 24.0 Å². The van der Waals surface area contributed by atoms with E-state index >= 15 is 0 Å². The highest BCUT2D eigenvalue weighted by molar-refractivity contribution is 8.03. The van der Waals surface area contributed by atoms with Gasteiger partial charge in [0.15, 0.2) is 22.4 Å². The monoisotopic (exact) mass is 960 g/mol. The van der Waals surface area contributed by atoms with Crippen LogP contribution in [-0.2, 0) is 60.0 Å². The van der Waals surface area contributed by atoms with Crippen molar-refractivity contribution in [3.63, 3.8) is 0 Å². The molecule has 0 saturated carbocycles. The zero-order valence-corrected chi connectivity index (χ0v) is 39.8. The summed E-state index contributed by atoms with van der Waals surface area (Å²) in [5.41, 5.74) is -0.502. The van der Waals surface area contributed by atoms with Crippen molar-refractivity contribution < 1.29 is 34.5 Å². The number of aryl methyl sites for hydroxylation is 3. The van der Waals surface area contributed by atoms with E-state index in [1.807, 2.05) is 5.40 Å². The fraction of sp³-hybridized carbons (Fsp3) is 0.400. The Morgan fingerprint density at radius 3 is 1.36 bits per heavy atom. The van der Waals surface area contributed by atoms with Gasteiger partial charge in [-0.05, 0) is 88.3 Å². The minimum absolute atomic E-state index is 0.0493. The number of thiocyanates is 1. The maximum Gasteiger partial charge on any atom is 0.223 e. The minimum atomic E-state index is -1.40. The molecule has 0 bridgehead atoms. The Balaban J connectivity index is 1.58. The number of thioether (sulfide) groups is 1. The van der Waals surface area contributed by atoms with Crippen molar-refractivity contribution in [1.29, 1.82) is 5.26 Å². The number of carbonyl (C=O) groups is 4. The van der Waals surface area contributed by atoms with Crippen LogP contribution in [0.1, 0.15) is 79.1 Å². The van der Waals surface area contributed by atoms with Gasteiger partial charge in [0.05, 0.1) is 36.7 Å². The fourth-order valence-electron chi connectivity index (χ4n) is 7.13. The van der Waals surface area contributed by atoms with E-state index in [4.69, 9.17) is 17.5 Å². The van der Waals surface area contributed by atoms with Crippen molar-refractivity contribution in [3.05, 3.63) is 107 Å². The number of benzene rings is 1. The van der Waals surface area contributed by atoms with Crippen LogP contribution in [0, 0.1) is 31.4 Å². The number of nitrogens with one attached hydrogen (secondary N) is 6. The molecule has 4 aromatic rings. The number of hydrogen-bond acceptors (Lipinski definition) is 13. The third-order valence-electron chi connectivity index (χ3n) is 11.5. The molecule has 0 unspecified atom stereocenters. The van der Waals surface area contributed by atoms with Gasteiger partial charge in [0, 0.05) is 105 Å². The smallest absolute Gasteiger partial charge is 0.223 e. The summed E-state index contributed by atoms with van der Waals surface area (Å²) in [5, 5.41) is 59.6. The van der Waals surface area contributed by atoms with Gasteiger partial charge in [-0.25, -0.2) is 0 Å². The summed E-state index contributed by atoms with van der Waals surface area (Å²) < 4.78 is 4.67. The van der Waals surface area contributed by atoms with Gasteiger partial charge in [-0.3, -0.25) is 33.6 Å². The summed E-state index contributed by atoms with van der Waals surface area (Å²) in [7, 11) is 4.87. The average Bonchev–Trinajstić information content (AvgIpc) is 3.28. The van der Waals surface area contributed by atoms with E-state index in [1.54, 1.807) is 79.9 Å². The molecule has 0 aliphatic rings. The molecule has 0 aliphatic heterocycles. The lowest BCUT2D eigenvalue weighted by Gasteiger charge is -2.35. The number of anilines is 1. The van der Waals surface area contributed by atoms with Gasteiger partial charge >= 0.3 is 0 Å². The highest BCUT2D eigenvalue weighted by Crippen LogP contribution is 2.27. The number of rotatable bonds is 21. The number of amides is 4. The fourth-order valence-corrected chi connectivity index (χ4v) is 7.73. The summed E-state index contributed by atoms with van der Waals surface area (Å²) >= 11 is 6.42. The predicted molar refractivity (Wildman–Crippen MR) is 255 cm³/mol. The molecular weight excluding hydrogens is 905 g/mol. The van der Waals surface area contributed by atoms with Crippen LogP contribution in [0.25, 0.3) is 0 Å². The lowest BCUT2D eigenvalue weighted by Crippen LogP contribution is -2.51. The van der Waals surface area contributed by atoms with E-state index < -0.39 is 62.7 Å². The van der Waals surface area contributed by atoms with E-state index in [0.717, 1.165) is 16.7 Å². The van der Waals surface area contributed by atoms with Crippen LogP contribution in [0.3, 0.4) is 0 Å². The SMILES string of the molecule is Cc1cc(=O)c(O)c(CNC(=O)CCC(CCC(=O)NCc2c(O)c(=O)cc(C)n2C)(CCC(=O)NCc2c(O)c(=O)cc(C)n2C)NC(=O)CCNC(=S)Nc2ccc(SC#N)cc2)n1C. The summed E-state index contributed by atoms with van der Waals surface area (Å²) in [6, 6.07) is 10.7. The second-order valence-electron chi connectivity index (χ2n) is 16.0. The summed E-state index contributed by atoms with van der Waals surface area (Å²) in [6.45, 7) is 4.41. The molecular formula is C45H56N10O10S2. The zero-order chi connectivity index (χ0) is 49.6. The molecule has 0 aliphatic carbocycles. The van der Waals surface area contributed by atoms with Crippen molar-refractivity contribution >= 4 is 58.4 Å². The molecule has 3 heterocycles. The van der Waals surface area contributed by atoms with Crippen LogP contribution in [0.15, 0.2) is 61.7 Å². The molecule has 4 rings (SSSR count). The van der Waals surface area contributed by atoms with Gasteiger partial charge in [-0.15, -0.1) is 0 Å². The van der Waals surface area contributed by atoms with Gasteiger partial charge in [-0.2, -0.15) is 5.26 Å². The summed E-state index contributed by atoms with van der Waals surface area (Å²) in [6.07, 6.45) is -1.19. The Morgan fingerprint density at radius 1 is 0.627 bits per heavy atom. The first-order valence-electron chi connectivity index (χ1n) is 21.1. The number of aromatic hydroxyl groups is 3. The largest absolute Gasteiger partial charge is 0.503 e. The van der Waals surface area contributed by atoms with Crippen molar-refractivity contribution in [3.8, 4) is 22.6 Å². The lowest BCUT2D eigenvalue weighted by molar-refractivity contribution is -0.127. The third-order valence-corrected chi connectivity index (χ3v) is 12.4. The number of thiocarbonyl (C=S) groups is 1. The van der Waals surface area contributed by atoms with Crippen molar-refractivity contribution in [2.75, 3.05) is 11.9 Å². The molecule has 9 N–H and O–H groups in total. The van der Waals surface area contributed by atoms with Crippen molar-refractivity contribution in [1.82, 2.24) is 40.3 Å².